The minimum absolute atomic E-state index is 0.456. The van der Waals surface area contributed by atoms with Crippen LogP contribution in [0.5, 0.6) is 0 Å². The van der Waals surface area contributed by atoms with Crippen LogP contribution in [0.1, 0.15) is 71.1 Å². The minimum Gasteiger partial charge on any atom is -0.0654 e. The molecule has 0 aliphatic rings. The second kappa shape index (κ2) is 19.3. The summed E-state index contributed by atoms with van der Waals surface area (Å²) in [5.74, 6) is 0. The van der Waals surface area contributed by atoms with E-state index < -0.39 is 0 Å². The first-order valence-corrected chi connectivity index (χ1v) is 8.72. The van der Waals surface area contributed by atoms with E-state index >= 15 is 0 Å². The van der Waals surface area contributed by atoms with Gasteiger partial charge in [-0.2, -0.15) is 0 Å². The third kappa shape index (κ3) is 18.3. The van der Waals surface area contributed by atoms with Gasteiger partial charge in [-0.05, 0) is 0 Å². The first kappa shape index (κ1) is 20.3. The van der Waals surface area contributed by atoms with Crippen LogP contribution in [-0.4, -0.2) is 37.7 Å². The van der Waals surface area contributed by atoms with Crippen molar-refractivity contribution < 1.29 is 9.47 Å². The van der Waals surface area contributed by atoms with Gasteiger partial charge in [0.15, 0.2) is 0 Å². The van der Waals surface area contributed by atoms with Gasteiger partial charge in [0, 0.05) is 0 Å². The van der Waals surface area contributed by atoms with Crippen LogP contribution < -0.4 is 0 Å². The van der Waals surface area contributed by atoms with Crippen molar-refractivity contribution in [3.05, 3.63) is 12.2 Å². The maximum absolute atomic E-state index is 5.46. The Balaban J connectivity index is 2.96. The number of rotatable bonds is 16. The van der Waals surface area contributed by atoms with Crippen LogP contribution in [0.25, 0.3) is 0 Å². The van der Waals surface area contributed by atoms with Crippen molar-refractivity contribution in [2.45, 2.75) is 76.2 Å². The van der Waals surface area contributed by atoms with Gasteiger partial charge in [0.05, 0.1) is 0 Å². The monoisotopic (exact) mass is 276 g/mol. The third-order valence-electron chi connectivity index (χ3n) is 3.36. The first-order valence-electron chi connectivity index (χ1n) is 8.72. The Bertz CT molecular complexity index is 195. The maximum atomic E-state index is 5.46. The number of unbranched alkanes of at least 4 members (excludes halogenated alkanes) is 7. The Hall–Kier alpha value is 0.257. The van der Waals surface area contributed by atoms with Gasteiger partial charge in [-0.25, -0.2) is 0 Å². The van der Waals surface area contributed by atoms with E-state index in [4.69, 9.17) is 9.47 Å². The molecule has 0 amide bonds. The molecule has 0 aliphatic carbocycles. The zero-order chi connectivity index (χ0) is 14.7. The van der Waals surface area contributed by atoms with Crippen LogP contribution >= 0.6 is 0 Å². The van der Waals surface area contributed by atoms with Crippen LogP contribution in [0.4, 0.5) is 0 Å². The van der Waals surface area contributed by atoms with Crippen molar-refractivity contribution in [1.29, 1.82) is 0 Å². The van der Waals surface area contributed by atoms with Crippen LogP contribution in [0.2, 0.25) is 5.09 Å². The molecule has 0 radical (unpaired) electrons. The van der Waals surface area contributed by atoms with Gasteiger partial charge in [0.25, 0.3) is 0 Å². The molecule has 0 spiro atoms. The van der Waals surface area contributed by atoms with Crippen molar-refractivity contribution in [3.63, 3.8) is 0 Å². The fourth-order valence-corrected chi connectivity index (χ4v) is 2.07. The van der Waals surface area contributed by atoms with E-state index in [1.807, 2.05) is 0 Å². The molecule has 0 aliphatic heterocycles. The fraction of sp³-hybridized carbons (Fsp3) is 0.882. The molecular formula is C17H33LiO2. The van der Waals surface area contributed by atoms with Crippen LogP contribution in [-0.2, 0) is 9.47 Å². The second-order valence-electron chi connectivity index (χ2n) is 5.46. The van der Waals surface area contributed by atoms with Crippen molar-refractivity contribution in [2.75, 3.05) is 20.0 Å². The third-order valence-corrected chi connectivity index (χ3v) is 3.36. The fourth-order valence-electron chi connectivity index (χ4n) is 2.07. The van der Waals surface area contributed by atoms with Crippen molar-refractivity contribution >= 4 is 17.7 Å². The Morgan fingerprint density at radius 1 is 0.750 bits per heavy atom. The van der Waals surface area contributed by atoms with E-state index in [1.54, 1.807) is 0 Å². The van der Waals surface area contributed by atoms with Gasteiger partial charge in [-0.15, -0.1) is 0 Å². The summed E-state index contributed by atoms with van der Waals surface area (Å²) in [6.07, 6.45) is 17.4. The smallest absolute Gasteiger partial charge is 0.0654 e. The Morgan fingerprint density at radius 2 is 1.35 bits per heavy atom. The summed E-state index contributed by atoms with van der Waals surface area (Å²) in [5, 5.41) is 1.22. The van der Waals surface area contributed by atoms with Crippen molar-refractivity contribution in [2.24, 2.45) is 0 Å². The molecule has 0 fully saturated rings. The molecule has 0 aromatic heterocycles. The molecule has 0 saturated carbocycles. The van der Waals surface area contributed by atoms with E-state index in [9.17, 15) is 0 Å². The van der Waals surface area contributed by atoms with Crippen LogP contribution in [0.15, 0.2) is 12.2 Å². The van der Waals surface area contributed by atoms with Gasteiger partial charge >= 0.3 is 90.1 Å². The average Bonchev–Trinajstić information content (AvgIpc) is 2.47. The topological polar surface area (TPSA) is 18.5 Å². The Kier molecular flexibility index (Phi) is 19.5. The molecule has 20 heavy (non-hydrogen) atoms. The summed E-state index contributed by atoms with van der Waals surface area (Å²) < 4.78 is 10.9. The first-order chi connectivity index (χ1) is 9.91. The number of hydrogen-bond donors (Lipinski definition) is 0. The molecule has 0 rings (SSSR count). The summed E-state index contributed by atoms with van der Waals surface area (Å²) in [6, 6.07) is 0. The molecule has 0 heterocycles. The summed E-state index contributed by atoms with van der Waals surface area (Å²) in [7, 11) is 0. The van der Waals surface area contributed by atoms with Gasteiger partial charge in [0.1, 0.15) is 0 Å². The molecule has 0 N–H and O–H groups in total. The number of ether oxygens (including phenoxy) is 2. The SMILES string of the molecule is [Li][CH2]CC=CCCOCOCCCCCCCCCC. The predicted molar refractivity (Wildman–Crippen MR) is 88.3 cm³/mol. The molecule has 0 aromatic rings. The normalized spacial score (nSPS) is 11.6. The molecule has 2 nitrogen and oxygen atoms in total. The van der Waals surface area contributed by atoms with E-state index in [0.717, 1.165) is 19.6 Å². The molecule has 0 saturated heterocycles. The summed E-state index contributed by atoms with van der Waals surface area (Å²) in [5.41, 5.74) is 0. The molecule has 0 aromatic carbocycles. The molecule has 0 unspecified atom stereocenters. The van der Waals surface area contributed by atoms with Crippen molar-refractivity contribution in [1.82, 2.24) is 0 Å². The molecular weight excluding hydrogens is 243 g/mol. The molecule has 3 heteroatoms. The number of allylic oxidation sites excluding steroid dienone is 1. The zero-order valence-corrected chi connectivity index (χ0v) is 13.9. The van der Waals surface area contributed by atoms with Gasteiger partial charge in [-0.3, -0.25) is 0 Å². The quantitative estimate of drug-likeness (QED) is 0.170. The van der Waals surface area contributed by atoms with Gasteiger partial charge in [-0.1, -0.05) is 45.4 Å². The van der Waals surface area contributed by atoms with Gasteiger partial charge in [0.2, 0.25) is 0 Å². The summed E-state index contributed by atoms with van der Waals surface area (Å²) >= 11 is 2.19. The van der Waals surface area contributed by atoms with Crippen molar-refractivity contribution in [3.8, 4) is 0 Å². The molecule has 114 valence electrons. The Morgan fingerprint density at radius 3 is 2.05 bits per heavy atom. The summed E-state index contributed by atoms with van der Waals surface area (Å²) in [6.45, 7) is 4.34. The Labute approximate surface area is 135 Å². The zero-order valence-electron chi connectivity index (χ0n) is 13.9. The van der Waals surface area contributed by atoms with Crippen LogP contribution in [0, 0.1) is 0 Å². The predicted octanol–water partition coefficient (Wildman–Crippen LogP) is 5.04. The summed E-state index contributed by atoms with van der Waals surface area (Å²) in [4.78, 5) is 0. The minimum atomic E-state index is 0.456. The molecule has 0 atom stereocenters. The van der Waals surface area contributed by atoms with Crippen LogP contribution in [0.3, 0.4) is 0 Å². The van der Waals surface area contributed by atoms with Gasteiger partial charge < -0.3 is 0 Å². The average molecular weight is 276 g/mol. The number of hydrogen-bond acceptors (Lipinski definition) is 2. The second-order valence-corrected chi connectivity index (χ2v) is 5.46. The standard InChI is InChI=1S/C17H33O2.Li/c1-3-5-7-9-10-11-12-14-16-19-17-18-15-13-8-6-4-2;/h6,8H,2-5,7,9-17H2,1H3;. The van der Waals surface area contributed by atoms with E-state index in [-0.39, 0.29) is 0 Å². The molecule has 0 bridgehead atoms. The van der Waals surface area contributed by atoms with E-state index in [0.29, 0.717) is 6.79 Å². The van der Waals surface area contributed by atoms with E-state index in [2.05, 4.69) is 36.8 Å². The van der Waals surface area contributed by atoms with E-state index in [1.165, 1.54) is 62.9 Å².